The molecule has 1 aliphatic heterocycles. The third-order valence-corrected chi connectivity index (χ3v) is 6.53. The van der Waals surface area contributed by atoms with E-state index in [9.17, 15) is 9.18 Å². The summed E-state index contributed by atoms with van der Waals surface area (Å²) in [7, 11) is 0. The number of para-hydroxylation sites is 1. The van der Waals surface area contributed by atoms with Gasteiger partial charge in [-0.15, -0.1) is 10.2 Å². The number of rotatable bonds is 6. The zero-order valence-corrected chi connectivity index (χ0v) is 18.3. The number of ether oxygens (including phenoxy) is 1. The Hall–Kier alpha value is -3.17. The standard InChI is InChI=1S/C23H22FN5O2S/c1-15(21(30)19-14-25-20-8-3-2-7-18(19)20)32-23-27-26-22(28-9-11-31-12-10-28)29(23)17-6-4-5-16(24)13-17/h2-8,13-15,25H,9-12H2,1H3/t15-/m1/s1. The predicted molar refractivity (Wildman–Crippen MR) is 122 cm³/mol. The quantitative estimate of drug-likeness (QED) is 0.352. The zero-order valence-electron chi connectivity index (χ0n) is 17.5. The van der Waals surface area contributed by atoms with Gasteiger partial charge in [0.05, 0.1) is 24.2 Å². The van der Waals surface area contributed by atoms with Crippen molar-refractivity contribution in [3.05, 3.63) is 66.1 Å². The highest BCUT2D eigenvalue weighted by Crippen LogP contribution is 2.32. The van der Waals surface area contributed by atoms with Crippen LogP contribution in [0.4, 0.5) is 10.3 Å². The summed E-state index contributed by atoms with van der Waals surface area (Å²) in [6.45, 7) is 4.37. The number of thioether (sulfide) groups is 1. The topological polar surface area (TPSA) is 76.0 Å². The summed E-state index contributed by atoms with van der Waals surface area (Å²) in [4.78, 5) is 18.5. The van der Waals surface area contributed by atoms with Crippen molar-refractivity contribution < 1.29 is 13.9 Å². The summed E-state index contributed by atoms with van der Waals surface area (Å²) in [6.07, 6.45) is 1.75. The molecule has 3 heterocycles. The maximum absolute atomic E-state index is 14.0. The molecule has 2 aromatic heterocycles. The average molecular weight is 452 g/mol. The molecule has 0 saturated carbocycles. The Kier molecular flexibility index (Phi) is 5.67. The van der Waals surface area contributed by atoms with Gasteiger partial charge >= 0.3 is 0 Å². The molecule has 1 aliphatic rings. The Bertz CT molecular complexity index is 1260. The number of nitrogens with zero attached hydrogens (tertiary/aromatic N) is 4. The molecule has 5 rings (SSSR count). The second-order valence-electron chi connectivity index (χ2n) is 7.57. The molecule has 0 bridgehead atoms. The zero-order chi connectivity index (χ0) is 22.1. The lowest BCUT2D eigenvalue weighted by atomic mass is 10.1. The molecule has 0 aliphatic carbocycles. The molecule has 1 fully saturated rings. The fourth-order valence-electron chi connectivity index (χ4n) is 3.85. The maximum atomic E-state index is 14.0. The molecule has 9 heteroatoms. The Morgan fingerprint density at radius 1 is 1.16 bits per heavy atom. The smallest absolute Gasteiger partial charge is 0.232 e. The SMILES string of the molecule is C[C@@H](Sc1nnc(N2CCOCC2)n1-c1cccc(F)c1)C(=O)c1c[nH]c2ccccc12. The molecule has 32 heavy (non-hydrogen) atoms. The average Bonchev–Trinajstić information content (AvgIpc) is 3.43. The molecule has 0 amide bonds. The Morgan fingerprint density at radius 2 is 1.97 bits per heavy atom. The second-order valence-corrected chi connectivity index (χ2v) is 8.88. The van der Waals surface area contributed by atoms with Gasteiger partial charge in [0.25, 0.3) is 0 Å². The van der Waals surface area contributed by atoms with Gasteiger partial charge in [-0.25, -0.2) is 4.39 Å². The minimum Gasteiger partial charge on any atom is -0.378 e. The van der Waals surface area contributed by atoms with E-state index in [4.69, 9.17) is 4.74 Å². The van der Waals surface area contributed by atoms with Gasteiger partial charge in [0.15, 0.2) is 10.9 Å². The molecular formula is C23H22FN5O2S. The molecule has 2 aromatic carbocycles. The van der Waals surface area contributed by atoms with Crippen LogP contribution in [0.3, 0.4) is 0 Å². The van der Waals surface area contributed by atoms with Crippen molar-refractivity contribution in [3.8, 4) is 5.69 Å². The Balaban J connectivity index is 1.48. The van der Waals surface area contributed by atoms with Crippen LogP contribution in [0.15, 0.2) is 59.9 Å². The lowest BCUT2D eigenvalue weighted by Crippen LogP contribution is -2.37. The van der Waals surface area contributed by atoms with Gasteiger partial charge in [-0.1, -0.05) is 36.0 Å². The van der Waals surface area contributed by atoms with E-state index in [0.717, 1.165) is 10.9 Å². The first-order valence-corrected chi connectivity index (χ1v) is 11.3. The van der Waals surface area contributed by atoms with Crippen molar-refractivity contribution >= 4 is 34.4 Å². The van der Waals surface area contributed by atoms with E-state index in [2.05, 4.69) is 20.1 Å². The van der Waals surface area contributed by atoms with Crippen LogP contribution in [0, 0.1) is 5.82 Å². The molecule has 164 valence electrons. The van der Waals surface area contributed by atoms with Crippen LogP contribution >= 0.6 is 11.8 Å². The number of H-pyrrole nitrogens is 1. The molecule has 0 spiro atoms. The number of carbonyl (C=O) groups excluding carboxylic acids is 1. The van der Waals surface area contributed by atoms with E-state index in [1.54, 1.807) is 12.3 Å². The van der Waals surface area contributed by atoms with E-state index in [0.29, 0.717) is 48.7 Å². The number of hydrogen-bond donors (Lipinski definition) is 1. The Morgan fingerprint density at radius 3 is 2.78 bits per heavy atom. The molecular weight excluding hydrogens is 429 g/mol. The normalized spacial score (nSPS) is 15.2. The summed E-state index contributed by atoms with van der Waals surface area (Å²) in [5, 5.41) is 9.79. The monoisotopic (exact) mass is 451 g/mol. The lowest BCUT2D eigenvalue weighted by molar-refractivity contribution is 0.0995. The van der Waals surface area contributed by atoms with Crippen molar-refractivity contribution in [2.45, 2.75) is 17.3 Å². The third kappa shape index (κ3) is 3.89. The van der Waals surface area contributed by atoms with Crippen molar-refractivity contribution in [2.75, 3.05) is 31.2 Å². The lowest BCUT2D eigenvalue weighted by Gasteiger charge is -2.28. The summed E-state index contributed by atoms with van der Waals surface area (Å²) in [5.74, 6) is 0.269. The van der Waals surface area contributed by atoms with Gasteiger partial charge in [-0.05, 0) is 31.2 Å². The summed E-state index contributed by atoms with van der Waals surface area (Å²) < 4.78 is 21.3. The van der Waals surface area contributed by atoms with E-state index in [-0.39, 0.29) is 11.6 Å². The fourth-order valence-corrected chi connectivity index (χ4v) is 4.78. The van der Waals surface area contributed by atoms with Crippen molar-refractivity contribution in [1.82, 2.24) is 19.7 Å². The van der Waals surface area contributed by atoms with Crippen molar-refractivity contribution in [2.24, 2.45) is 0 Å². The summed E-state index contributed by atoms with van der Waals surface area (Å²) >= 11 is 1.32. The van der Waals surface area contributed by atoms with E-state index in [1.807, 2.05) is 41.8 Å². The van der Waals surface area contributed by atoms with Crippen LogP contribution in [0.5, 0.6) is 0 Å². The molecule has 0 radical (unpaired) electrons. The number of hydrogen-bond acceptors (Lipinski definition) is 6. The molecule has 4 aromatic rings. The highest BCUT2D eigenvalue weighted by Gasteiger charge is 2.26. The first kappa shape index (κ1) is 20.7. The number of morpholine rings is 1. The fraction of sp³-hybridized carbons (Fsp3) is 0.261. The summed E-state index contributed by atoms with van der Waals surface area (Å²) in [5.41, 5.74) is 2.18. The second kappa shape index (κ2) is 8.76. The van der Waals surface area contributed by atoms with Crippen LogP contribution in [-0.4, -0.2) is 57.1 Å². The number of ketones is 1. The number of Topliss-reactive ketones (excluding diaryl/α,β-unsaturated/α-hetero) is 1. The van der Waals surface area contributed by atoms with Gasteiger partial charge in [-0.3, -0.25) is 9.36 Å². The van der Waals surface area contributed by atoms with Crippen LogP contribution in [0.2, 0.25) is 0 Å². The first-order chi connectivity index (χ1) is 15.6. The van der Waals surface area contributed by atoms with E-state index in [1.165, 1.54) is 23.9 Å². The third-order valence-electron chi connectivity index (χ3n) is 5.48. The van der Waals surface area contributed by atoms with Crippen LogP contribution in [0.1, 0.15) is 17.3 Å². The number of aromatic nitrogens is 4. The highest BCUT2D eigenvalue weighted by molar-refractivity contribution is 8.00. The van der Waals surface area contributed by atoms with Gasteiger partial charge in [-0.2, -0.15) is 0 Å². The molecule has 0 unspecified atom stereocenters. The van der Waals surface area contributed by atoms with E-state index >= 15 is 0 Å². The first-order valence-electron chi connectivity index (χ1n) is 10.4. The Labute approximate surface area is 188 Å². The maximum Gasteiger partial charge on any atom is 0.232 e. The van der Waals surface area contributed by atoms with Crippen LogP contribution < -0.4 is 4.90 Å². The molecule has 1 atom stereocenters. The van der Waals surface area contributed by atoms with Crippen LogP contribution in [0.25, 0.3) is 16.6 Å². The van der Waals surface area contributed by atoms with Crippen molar-refractivity contribution in [1.29, 1.82) is 0 Å². The van der Waals surface area contributed by atoms with Crippen LogP contribution in [-0.2, 0) is 4.74 Å². The van der Waals surface area contributed by atoms with Gasteiger partial charge in [0.1, 0.15) is 5.82 Å². The van der Waals surface area contributed by atoms with Gasteiger partial charge in [0, 0.05) is 35.8 Å². The predicted octanol–water partition coefficient (Wildman–Crippen LogP) is 4.09. The number of carbonyl (C=O) groups is 1. The van der Waals surface area contributed by atoms with Gasteiger partial charge in [0.2, 0.25) is 5.95 Å². The van der Waals surface area contributed by atoms with Gasteiger partial charge < -0.3 is 14.6 Å². The molecule has 1 saturated heterocycles. The van der Waals surface area contributed by atoms with Crippen molar-refractivity contribution in [3.63, 3.8) is 0 Å². The largest absolute Gasteiger partial charge is 0.378 e. The molecule has 1 N–H and O–H groups in total. The summed E-state index contributed by atoms with van der Waals surface area (Å²) in [6, 6.07) is 14.0. The van der Waals surface area contributed by atoms with E-state index < -0.39 is 5.25 Å². The number of aromatic amines is 1. The number of benzene rings is 2. The minimum absolute atomic E-state index is 0.00540. The number of anilines is 1. The number of fused-ring (bicyclic) bond motifs is 1. The molecule has 7 nitrogen and oxygen atoms in total. The minimum atomic E-state index is -0.414. The number of halogens is 1. The number of nitrogens with one attached hydrogen (secondary N) is 1. The highest BCUT2D eigenvalue weighted by atomic mass is 32.2.